The zero-order valence-corrected chi connectivity index (χ0v) is 21.4. The molecule has 0 unspecified atom stereocenters. The fourth-order valence-electron chi connectivity index (χ4n) is 6.06. The lowest BCUT2D eigenvalue weighted by Gasteiger charge is -2.32. The van der Waals surface area contributed by atoms with E-state index in [4.69, 9.17) is 23.7 Å². The van der Waals surface area contributed by atoms with Gasteiger partial charge in [0.25, 0.3) is 0 Å². The summed E-state index contributed by atoms with van der Waals surface area (Å²) in [7, 11) is 0. The van der Waals surface area contributed by atoms with Gasteiger partial charge in [-0.2, -0.15) is 0 Å². The summed E-state index contributed by atoms with van der Waals surface area (Å²) >= 11 is 0. The van der Waals surface area contributed by atoms with Crippen LogP contribution < -0.4 is 14.8 Å². The number of allylic oxidation sites excluding steroid dienone is 2. The molecule has 4 aliphatic rings. The van der Waals surface area contributed by atoms with E-state index >= 15 is 0 Å². The van der Waals surface area contributed by atoms with Gasteiger partial charge in [-0.25, -0.2) is 0 Å². The van der Waals surface area contributed by atoms with Gasteiger partial charge in [-0.3, -0.25) is 9.59 Å². The molecule has 6 rings (SSSR count). The fraction of sp³-hybridized carbons (Fsp3) is 0.467. The van der Waals surface area contributed by atoms with Crippen LogP contribution in [0.3, 0.4) is 0 Å². The molecule has 3 atom stereocenters. The maximum atomic E-state index is 13.7. The highest BCUT2D eigenvalue weighted by molar-refractivity contribution is 6.13. The Morgan fingerprint density at radius 2 is 1.26 bits per heavy atom. The lowest BCUT2D eigenvalue weighted by molar-refractivity contribution is -0.126. The third-order valence-electron chi connectivity index (χ3n) is 7.82. The largest absolute Gasteiger partial charge is 0.491 e. The van der Waals surface area contributed by atoms with Crippen molar-refractivity contribution in [3.05, 3.63) is 70.8 Å². The Hall–Kier alpha value is -3.20. The number of hydrogen-bond acceptors (Lipinski definition) is 7. The molecule has 4 bridgehead atoms. The van der Waals surface area contributed by atoms with E-state index in [0.717, 1.165) is 12.8 Å². The fourth-order valence-corrected chi connectivity index (χ4v) is 6.06. The number of benzene rings is 2. The normalized spacial score (nSPS) is 25.7. The summed E-state index contributed by atoms with van der Waals surface area (Å²) in [6.07, 6.45) is 6.29. The summed E-state index contributed by atoms with van der Waals surface area (Å²) in [5.41, 5.74) is 2.37. The lowest BCUT2D eigenvalue weighted by Crippen LogP contribution is -2.39. The van der Waals surface area contributed by atoms with E-state index in [2.05, 4.69) is 17.5 Å². The van der Waals surface area contributed by atoms with E-state index in [9.17, 15) is 9.59 Å². The number of carbonyl (C=O) groups is 2. The number of fused-ring (bicyclic) bond motifs is 2. The summed E-state index contributed by atoms with van der Waals surface area (Å²) in [6.45, 7) is 3.19. The summed E-state index contributed by atoms with van der Waals surface area (Å²) in [5.74, 6) is 1.65. The predicted molar refractivity (Wildman–Crippen MR) is 139 cm³/mol. The molecule has 200 valence electrons. The molecule has 1 aliphatic heterocycles. The van der Waals surface area contributed by atoms with Gasteiger partial charge in [0.15, 0.2) is 5.78 Å². The predicted octanol–water partition coefficient (Wildman–Crippen LogP) is 3.47. The SMILES string of the molecule is O=C1c2cccc3c2C(NC(=O)[C@H]2C[C@H]4C=C[C@@H]2C4)c2c(cccc21)OCCOCCOCCOCCO3. The van der Waals surface area contributed by atoms with Crippen molar-refractivity contribution in [1.82, 2.24) is 5.32 Å². The molecular formula is C30H33NO7. The summed E-state index contributed by atoms with van der Waals surface area (Å²) in [6, 6.07) is 10.3. The number of carbonyl (C=O) groups excluding carboxylic acids is 2. The van der Waals surface area contributed by atoms with Crippen molar-refractivity contribution in [3.63, 3.8) is 0 Å². The first-order valence-electron chi connectivity index (χ1n) is 13.5. The van der Waals surface area contributed by atoms with E-state index in [1.165, 1.54) is 0 Å². The molecule has 0 radical (unpaired) electrons. The standard InChI is InChI=1S/C30H33NO7/c32-29-21-3-1-5-24-26(21)28(31-30(33)23-18-19-7-8-20(23)17-19)27-22(29)4-2-6-25(27)38-16-14-36-12-10-34-9-11-35-13-15-37-24/h1-8,19-20,23,28H,9-18H2,(H,31,33)/t19-,20+,23-/m0/s1. The van der Waals surface area contributed by atoms with Crippen LogP contribution in [0, 0.1) is 17.8 Å². The number of ether oxygens (including phenoxy) is 5. The van der Waals surface area contributed by atoms with Crippen molar-refractivity contribution in [1.29, 1.82) is 0 Å². The molecule has 1 amide bonds. The smallest absolute Gasteiger partial charge is 0.224 e. The van der Waals surface area contributed by atoms with Gasteiger partial charge in [-0.1, -0.05) is 36.4 Å². The zero-order chi connectivity index (χ0) is 25.9. The highest BCUT2D eigenvalue weighted by Gasteiger charge is 2.43. The second-order valence-corrected chi connectivity index (χ2v) is 10.1. The van der Waals surface area contributed by atoms with Crippen LogP contribution in [0.4, 0.5) is 0 Å². The summed E-state index contributed by atoms with van der Waals surface area (Å²) in [4.78, 5) is 27.4. The van der Waals surface area contributed by atoms with Gasteiger partial charge in [0.1, 0.15) is 24.7 Å². The highest BCUT2D eigenvalue weighted by atomic mass is 16.6. The Labute approximate surface area is 222 Å². The minimum atomic E-state index is -0.588. The van der Waals surface area contributed by atoms with Crippen LogP contribution in [0.15, 0.2) is 48.6 Å². The topological polar surface area (TPSA) is 92.3 Å². The Bertz CT molecular complexity index is 1160. The molecule has 0 aromatic heterocycles. The second-order valence-electron chi connectivity index (χ2n) is 10.1. The first kappa shape index (κ1) is 25.1. The van der Waals surface area contributed by atoms with E-state index in [-0.39, 0.29) is 23.5 Å². The first-order chi connectivity index (χ1) is 18.7. The molecule has 1 heterocycles. The van der Waals surface area contributed by atoms with Crippen LogP contribution in [-0.4, -0.2) is 64.5 Å². The van der Waals surface area contributed by atoms with Crippen molar-refractivity contribution >= 4 is 11.7 Å². The monoisotopic (exact) mass is 519 g/mol. The van der Waals surface area contributed by atoms with Crippen molar-refractivity contribution in [3.8, 4) is 11.5 Å². The minimum absolute atomic E-state index is 0.00323. The molecule has 3 aliphatic carbocycles. The van der Waals surface area contributed by atoms with Gasteiger partial charge in [0.2, 0.25) is 5.91 Å². The minimum Gasteiger partial charge on any atom is -0.491 e. The van der Waals surface area contributed by atoms with Crippen LogP contribution in [0.2, 0.25) is 0 Å². The molecule has 0 spiro atoms. The van der Waals surface area contributed by atoms with Crippen molar-refractivity contribution in [2.24, 2.45) is 17.8 Å². The van der Waals surface area contributed by atoms with Gasteiger partial charge >= 0.3 is 0 Å². The van der Waals surface area contributed by atoms with E-state index < -0.39 is 6.04 Å². The second kappa shape index (κ2) is 11.3. The van der Waals surface area contributed by atoms with Gasteiger partial charge < -0.3 is 29.0 Å². The Morgan fingerprint density at radius 3 is 1.76 bits per heavy atom. The zero-order valence-electron chi connectivity index (χ0n) is 21.4. The van der Waals surface area contributed by atoms with Gasteiger partial charge in [-0.15, -0.1) is 0 Å². The molecule has 0 saturated heterocycles. The average molecular weight is 520 g/mol. The maximum absolute atomic E-state index is 13.7. The molecule has 1 fully saturated rings. The quantitative estimate of drug-likeness (QED) is 0.608. The Morgan fingerprint density at radius 1 is 0.711 bits per heavy atom. The number of ketones is 1. The molecule has 38 heavy (non-hydrogen) atoms. The average Bonchev–Trinajstić information content (AvgIpc) is 3.57. The van der Waals surface area contributed by atoms with Crippen molar-refractivity contribution in [2.75, 3.05) is 52.9 Å². The Kier molecular flexibility index (Phi) is 7.44. The third-order valence-corrected chi connectivity index (χ3v) is 7.82. The van der Waals surface area contributed by atoms with Gasteiger partial charge in [0.05, 0.1) is 45.7 Å². The van der Waals surface area contributed by atoms with Crippen LogP contribution in [0.5, 0.6) is 11.5 Å². The van der Waals surface area contributed by atoms with Crippen LogP contribution in [0.25, 0.3) is 0 Å². The van der Waals surface area contributed by atoms with Crippen molar-refractivity contribution < 1.29 is 33.3 Å². The van der Waals surface area contributed by atoms with Crippen LogP contribution >= 0.6 is 0 Å². The first-order valence-corrected chi connectivity index (χ1v) is 13.5. The molecule has 1 saturated carbocycles. The molecule has 8 nitrogen and oxygen atoms in total. The highest BCUT2D eigenvalue weighted by Crippen LogP contribution is 2.46. The maximum Gasteiger partial charge on any atom is 0.224 e. The van der Waals surface area contributed by atoms with Crippen molar-refractivity contribution in [2.45, 2.75) is 18.9 Å². The molecular weight excluding hydrogens is 486 g/mol. The van der Waals surface area contributed by atoms with E-state index in [1.54, 1.807) is 12.1 Å². The van der Waals surface area contributed by atoms with Crippen LogP contribution in [0.1, 0.15) is 45.9 Å². The van der Waals surface area contributed by atoms with Gasteiger partial charge in [0, 0.05) is 28.2 Å². The summed E-state index contributed by atoms with van der Waals surface area (Å²) < 4.78 is 29.1. The molecule has 1 N–H and O–H groups in total. The Balaban J connectivity index is 1.37. The molecule has 8 heteroatoms. The van der Waals surface area contributed by atoms with E-state index in [1.807, 2.05) is 24.3 Å². The van der Waals surface area contributed by atoms with Gasteiger partial charge in [-0.05, 0) is 36.8 Å². The molecule has 2 aromatic carbocycles. The van der Waals surface area contributed by atoms with E-state index in [0.29, 0.717) is 92.5 Å². The van der Waals surface area contributed by atoms with Crippen LogP contribution in [-0.2, 0) is 19.0 Å². The number of rotatable bonds is 2. The molecule has 2 aromatic rings. The summed E-state index contributed by atoms with van der Waals surface area (Å²) in [5, 5.41) is 3.32. The number of amides is 1. The number of nitrogens with one attached hydrogen (secondary N) is 1. The third kappa shape index (κ3) is 4.96. The lowest BCUT2D eigenvalue weighted by atomic mass is 9.80. The number of hydrogen-bond donors (Lipinski definition) is 1.